The number of carboxylic acids is 1. The van der Waals surface area contributed by atoms with E-state index in [1.54, 1.807) is 12.1 Å². The van der Waals surface area contributed by atoms with E-state index in [0.717, 1.165) is 5.56 Å². The molecule has 0 saturated heterocycles. The van der Waals surface area contributed by atoms with E-state index in [1.165, 1.54) is 12.1 Å². The lowest BCUT2D eigenvalue weighted by Crippen LogP contribution is -2.01. The Balaban J connectivity index is 2.42. The van der Waals surface area contributed by atoms with E-state index in [-0.39, 0.29) is 12.2 Å². The predicted molar refractivity (Wildman–Crippen MR) is 53.6 cm³/mol. The summed E-state index contributed by atoms with van der Waals surface area (Å²) in [5.74, 6) is -0.727. The van der Waals surface area contributed by atoms with E-state index in [4.69, 9.17) is 5.11 Å². The molecule has 0 aromatic heterocycles. The third kappa shape index (κ3) is 4.72. The van der Waals surface area contributed by atoms with E-state index in [9.17, 15) is 13.6 Å². The molecule has 0 amide bonds. The molecule has 1 aromatic rings. The summed E-state index contributed by atoms with van der Waals surface area (Å²) in [6.45, 7) is -2.82. The molecule has 0 aliphatic heterocycles. The van der Waals surface area contributed by atoms with Crippen molar-refractivity contribution in [3.05, 3.63) is 29.8 Å². The van der Waals surface area contributed by atoms with Gasteiger partial charge in [-0.25, -0.2) is 0 Å². The molecule has 0 unspecified atom stereocenters. The molecular formula is C11H12F2O3. The zero-order valence-corrected chi connectivity index (χ0v) is 8.53. The Bertz CT molecular complexity index is 336. The van der Waals surface area contributed by atoms with E-state index in [1.807, 2.05) is 0 Å². The van der Waals surface area contributed by atoms with Crippen LogP contribution in [0, 0.1) is 0 Å². The minimum Gasteiger partial charge on any atom is -0.481 e. The maximum absolute atomic E-state index is 11.8. The first-order chi connectivity index (χ1) is 7.58. The maximum Gasteiger partial charge on any atom is 0.387 e. The molecule has 0 fully saturated rings. The van der Waals surface area contributed by atoms with Crippen LogP contribution in [0.15, 0.2) is 24.3 Å². The molecule has 0 aliphatic carbocycles. The van der Waals surface area contributed by atoms with Crippen LogP contribution in [0.1, 0.15) is 18.4 Å². The van der Waals surface area contributed by atoms with Gasteiger partial charge in [-0.15, -0.1) is 0 Å². The van der Waals surface area contributed by atoms with Gasteiger partial charge in [0.1, 0.15) is 5.75 Å². The zero-order chi connectivity index (χ0) is 12.0. The molecule has 88 valence electrons. The normalized spacial score (nSPS) is 10.4. The number of ether oxygens (including phenoxy) is 1. The number of benzene rings is 1. The average molecular weight is 230 g/mol. The summed E-state index contributed by atoms with van der Waals surface area (Å²) in [6, 6.07) is 6.20. The lowest BCUT2D eigenvalue weighted by Gasteiger charge is -2.05. The Morgan fingerprint density at radius 2 is 1.94 bits per heavy atom. The van der Waals surface area contributed by atoms with Gasteiger partial charge >= 0.3 is 12.6 Å². The van der Waals surface area contributed by atoms with Crippen molar-refractivity contribution in [1.82, 2.24) is 0 Å². The van der Waals surface area contributed by atoms with Gasteiger partial charge in [-0.05, 0) is 30.5 Å². The van der Waals surface area contributed by atoms with E-state index >= 15 is 0 Å². The largest absolute Gasteiger partial charge is 0.481 e. The number of aliphatic carboxylic acids is 1. The minimum atomic E-state index is -2.82. The molecule has 0 aliphatic rings. The minimum absolute atomic E-state index is 0.106. The number of hydrogen-bond donors (Lipinski definition) is 1. The van der Waals surface area contributed by atoms with Crippen molar-refractivity contribution in [3.8, 4) is 5.75 Å². The summed E-state index contributed by atoms with van der Waals surface area (Å²) >= 11 is 0. The second-order valence-corrected chi connectivity index (χ2v) is 3.27. The predicted octanol–water partition coefficient (Wildman–Crippen LogP) is 2.70. The van der Waals surface area contributed by atoms with E-state index in [0.29, 0.717) is 12.8 Å². The molecule has 0 spiro atoms. The first-order valence-electron chi connectivity index (χ1n) is 4.83. The van der Waals surface area contributed by atoms with Crippen LogP contribution in [-0.4, -0.2) is 17.7 Å². The van der Waals surface area contributed by atoms with Gasteiger partial charge < -0.3 is 9.84 Å². The molecule has 0 atom stereocenters. The number of carbonyl (C=O) groups is 1. The molecular weight excluding hydrogens is 218 g/mol. The Morgan fingerprint density at radius 1 is 1.31 bits per heavy atom. The van der Waals surface area contributed by atoms with Gasteiger partial charge in [-0.1, -0.05) is 12.1 Å². The molecule has 16 heavy (non-hydrogen) atoms. The highest BCUT2D eigenvalue weighted by Gasteiger charge is 2.04. The highest BCUT2D eigenvalue weighted by atomic mass is 19.3. The lowest BCUT2D eigenvalue weighted by atomic mass is 10.1. The molecule has 1 N–H and O–H groups in total. The standard InChI is InChI=1S/C11H12F2O3/c12-11(13)16-9-6-4-8(5-7-9)2-1-3-10(14)15/h4-7,11H,1-3H2,(H,14,15). The highest BCUT2D eigenvalue weighted by Crippen LogP contribution is 2.16. The first-order valence-corrected chi connectivity index (χ1v) is 4.83. The number of aryl methyl sites for hydroxylation is 1. The van der Waals surface area contributed by atoms with Crippen LogP contribution in [0.3, 0.4) is 0 Å². The Hall–Kier alpha value is -1.65. The van der Waals surface area contributed by atoms with Gasteiger partial charge in [0.25, 0.3) is 0 Å². The van der Waals surface area contributed by atoms with Crippen molar-refractivity contribution in [3.63, 3.8) is 0 Å². The topological polar surface area (TPSA) is 46.5 Å². The third-order valence-corrected chi connectivity index (χ3v) is 2.00. The lowest BCUT2D eigenvalue weighted by molar-refractivity contribution is -0.137. The SMILES string of the molecule is O=C(O)CCCc1ccc(OC(F)F)cc1. The quantitative estimate of drug-likeness (QED) is 0.817. The van der Waals surface area contributed by atoms with Gasteiger partial charge in [-0.3, -0.25) is 4.79 Å². The fourth-order valence-corrected chi connectivity index (χ4v) is 1.28. The number of carboxylic acid groups (broad SMARTS) is 1. The second-order valence-electron chi connectivity index (χ2n) is 3.27. The van der Waals surface area contributed by atoms with Crippen molar-refractivity contribution in [2.75, 3.05) is 0 Å². The third-order valence-electron chi connectivity index (χ3n) is 2.00. The smallest absolute Gasteiger partial charge is 0.387 e. The fourth-order valence-electron chi connectivity index (χ4n) is 1.28. The zero-order valence-electron chi connectivity index (χ0n) is 8.53. The van der Waals surface area contributed by atoms with Crippen molar-refractivity contribution in [1.29, 1.82) is 0 Å². The molecule has 0 radical (unpaired) electrons. The van der Waals surface area contributed by atoms with Crippen LogP contribution in [0.5, 0.6) is 5.75 Å². The molecule has 0 bridgehead atoms. The monoisotopic (exact) mass is 230 g/mol. The Kier molecular flexibility index (Phi) is 4.69. The van der Waals surface area contributed by atoms with Crippen molar-refractivity contribution >= 4 is 5.97 Å². The molecule has 1 aromatic carbocycles. The summed E-state index contributed by atoms with van der Waals surface area (Å²) in [4.78, 5) is 10.3. The van der Waals surface area contributed by atoms with Crippen molar-refractivity contribution < 1.29 is 23.4 Å². The number of halogens is 2. The summed E-state index contributed by atoms with van der Waals surface area (Å²) in [5, 5.41) is 8.43. The number of hydrogen-bond acceptors (Lipinski definition) is 2. The first kappa shape index (κ1) is 12.4. The van der Waals surface area contributed by atoms with E-state index < -0.39 is 12.6 Å². The fraction of sp³-hybridized carbons (Fsp3) is 0.364. The molecule has 5 heteroatoms. The van der Waals surface area contributed by atoms with Crippen LogP contribution in [0.4, 0.5) is 8.78 Å². The summed E-state index contributed by atoms with van der Waals surface area (Å²) in [6.07, 6.45) is 1.25. The van der Waals surface area contributed by atoms with Crippen LogP contribution in [0.25, 0.3) is 0 Å². The van der Waals surface area contributed by atoms with Gasteiger partial charge in [0.05, 0.1) is 0 Å². The Morgan fingerprint density at radius 3 is 2.44 bits per heavy atom. The van der Waals surface area contributed by atoms with Gasteiger partial charge in [0.2, 0.25) is 0 Å². The average Bonchev–Trinajstić information content (AvgIpc) is 2.19. The van der Waals surface area contributed by atoms with Gasteiger partial charge in [0.15, 0.2) is 0 Å². The van der Waals surface area contributed by atoms with Crippen molar-refractivity contribution in [2.24, 2.45) is 0 Å². The van der Waals surface area contributed by atoms with Crippen LogP contribution >= 0.6 is 0 Å². The molecule has 1 rings (SSSR count). The summed E-state index contributed by atoms with van der Waals surface area (Å²) < 4.78 is 27.8. The van der Waals surface area contributed by atoms with Crippen LogP contribution < -0.4 is 4.74 Å². The number of rotatable bonds is 6. The van der Waals surface area contributed by atoms with Crippen molar-refractivity contribution in [2.45, 2.75) is 25.9 Å². The second kappa shape index (κ2) is 6.05. The maximum atomic E-state index is 11.8. The molecule has 0 saturated carbocycles. The summed E-state index contributed by atoms with van der Waals surface area (Å²) in [5.41, 5.74) is 0.905. The van der Waals surface area contributed by atoms with Gasteiger partial charge in [0, 0.05) is 6.42 Å². The van der Waals surface area contributed by atoms with E-state index in [2.05, 4.69) is 4.74 Å². The summed E-state index contributed by atoms with van der Waals surface area (Å²) in [7, 11) is 0. The number of alkyl halides is 2. The van der Waals surface area contributed by atoms with Crippen LogP contribution in [0.2, 0.25) is 0 Å². The molecule has 3 nitrogen and oxygen atoms in total. The highest BCUT2D eigenvalue weighted by molar-refractivity contribution is 5.66. The van der Waals surface area contributed by atoms with Gasteiger partial charge in [-0.2, -0.15) is 8.78 Å². The Labute approximate surface area is 91.7 Å². The molecule has 0 heterocycles. The van der Waals surface area contributed by atoms with Crippen LogP contribution in [-0.2, 0) is 11.2 Å².